The van der Waals surface area contributed by atoms with Gasteiger partial charge in [-0.3, -0.25) is 9.59 Å². The molecule has 0 aromatic heterocycles. The lowest BCUT2D eigenvalue weighted by Crippen LogP contribution is -2.46. The normalized spacial score (nSPS) is 13.2. The molecule has 3 atom stereocenters. The van der Waals surface area contributed by atoms with Crippen LogP contribution >= 0.6 is 0 Å². The number of aliphatic hydroxyl groups excluding tert-OH is 2. The van der Waals surface area contributed by atoms with Crippen LogP contribution in [0.2, 0.25) is 0 Å². The Labute approximate surface area is 368 Å². The van der Waals surface area contributed by atoms with Gasteiger partial charge >= 0.3 is 5.97 Å². The second-order valence-electron chi connectivity index (χ2n) is 18.3. The molecule has 3 N–H and O–H groups in total. The second kappa shape index (κ2) is 47.6. The lowest BCUT2D eigenvalue weighted by molar-refractivity contribution is -0.151. The number of ether oxygens (including phenoxy) is 1. The fraction of sp³-hybridized carbons (Fsp3) is 0.925. The van der Waals surface area contributed by atoms with Gasteiger partial charge in [0.1, 0.15) is 6.10 Å². The average molecular weight is 834 g/mol. The smallest absolute Gasteiger partial charge is 0.306 e. The second-order valence-corrected chi connectivity index (χ2v) is 18.3. The maximum Gasteiger partial charge on any atom is 0.306 e. The van der Waals surface area contributed by atoms with Crippen LogP contribution in [0.15, 0.2) is 12.2 Å². The predicted octanol–water partition coefficient (Wildman–Crippen LogP) is 15.7. The highest BCUT2D eigenvalue weighted by atomic mass is 16.5. The summed E-state index contributed by atoms with van der Waals surface area (Å²) in [7, 11) is 0. The largest absolute Gasteiger partial charge is 0.462 e. The number of carbonyl (C=O) groups is 2. The molecule has 6 nitrogen and oxygen atoms in total. The first-order valence-corrected chi connectivity index (χ1v) is 26.4. The Hall–Kier alpha value is -1.40. The van der Waals surface area contributed by atoms with E-state index in [1.54, 1.807) is 0 Å². The maximum absolute atomic E-state index is 13.2. The molecule has 1 amide bonds. The lowest BCUT2D eigenvalue weighted by Gasteiger charge is -2.24. The fourth-order valence-corrected chi connectivity index (χ4v) is 8.32. The Morgan fingerprint density at radius 2 is 0.847 bits per heavy atom. The summed E-state index contributed by atoms with van der Waals surface area (Å²) in [6.45, 7) is 6.44. The molecule has 0 aliphatic heterocycles. The van der Waals surface area contributed by atoms with Crippen molar-refractivity contribution in [1.82, 2.24) is 5.32 Å². The van der Waals surface area contributed by atoms with Gasteiger partial charge in [-0.25, -0.2) is 0 Å². The molecule has 0 aliphatic carbocycles. The van der Waals surface area contributed by atoms with Crippen molar-refractivity contribution in [1.29, 1.82) is 0 Å². The quantitative estimate of drug-likeness (QED) is 0.0322. The Kier molecular flexibility index (Phi) is 46.5. The van der Waals surface area contributed by atoms with Crippen LogP contribution in [0.25, 0.3) is 0 Å². The summed E-state index contributed by atoms with van der Waals surface area (Å²) in [6.07, 6.45) is 52.9. The van der Waals surface area contributed by atoms with Crippen LogP contribution in [-0.2, 0) is 14.3 Å². The molecule has 0 bridgehead atoms. The van der Waals surface area contributed by atoms with E-state index in [9.17, 15) is 19.8 Å². The minimum Gasteiger partial charge on any atom is -0.462 e. The zero-order valence-electron chi connectivity index (χ0n) is 39.9. The van der Waals surface area contributed by atoms with Crippen molar-refractivity contribution in [2.75, 3.05) is 6.61 Å². The van der Waals surface area contributed by atoms with Gasteiger partial charge in [-0.05, 0) is 44.9 Å². The molecule has 0 saturated carbocycles. The first-order valence-electron chi connectivity index (χ1n) is 26.4. The molecular formula is C53H103NO5. The van der Waals surface area contributed by atoms with Gasteiger partial charge in [0.25, 0.3) is 0 Å². The molecule has 0 fully saturated rings. The minimum atomic E-state index is -0.785. The van der Waals surface area contributed by atoms with Crippen molar-refractivity contribution in [2.24, 2.45) is 0 Å². The topological polar surface area (TPSA) is 95.9 Å². The standard InChI is InChI=1S/C53H103NO5/c1-4-7-10-13-16-19-21-23-25-26-28-29-31-33-36-39-42-45-51(56)50(48-55)54-52(57)47-49(44-41-38-35-18-15-12-9-6-3)59-53(58)46-43-40-37-34-32-30-27-24-22-20-17-14-11-8-5-2/h12,15,49-51,55-56H,4-11,13-14,16-48H2,1-3H3,(H,54,57)/b15-12-. The molecule has 0 radical (unpaired) electrons. The van der Waals surface area contributed by atoms with Crippen molar-refractivity contribution in [2.45, 2.75) is 309 Å². The summed E-state index contributed by atoms with van der Waals surface area (Å²) in [5.74, 6) is -0.477. The number of hydrogen-bond acceptors (Lipinski definition) is 5. The highest BCUT2D eigenvalue weighted by molar-refractivity contribution is 5.77. The van der Waals surface area contributed by atoms with Crippen molar-refractivity contribution in [3.63, 3.8) is 0 Å². The molecule has 6 heteroatoms. The van der Waals surface area contributed by atoms with Crippen molar-refractivity contribution in [3.8, 4) is 0 Å². The van der Waals surface area contributed by atoms with Gasteiger partial charge in [0.2, 0.25) is 5.91 Å². The minimum absolute atomic E-state index is 0.0728. The molecule has 0 heterocycles. The molecule has 0 aromatic carbocycles. The van der Waals surface area contributed by atoms with Crippen molar-refractivity contribution < 1.29 is 24.5 Å². The first-order chi connectivity index (χ1) is 29.0. The Balaban J connectivity index is 4.34. The third kappa shape index (κ3) is 43.1. The summed E-state index contributed by atoms with van der Waals surface area (Å²) >= 11 is 0. The molecule has 350 valence electrons. The summed E-state index contributed by atoms with van der Waals surface area (Å²) in [5, 5.41) is 23.7. The number of nitrogens with one attached hydrogen (secondary N) is 1. The molecular weight excluding hydrogens is 731 g/mol. The van der Waals surface area contributed by atoms with Crippen LogP contribution in [0.1, 0.15) is 290 Å². The predicted molar refractivity (Wildman–Crippen MR) is 255 cm³/mol. The van der Waals surface area contributed by atoms with Crippen LogP contribution in [0.5, 0.6) is 0 Å². The Morgan fingerprint density at radius 3 is 1.27 bits per heavy atom. The number of unbranched alkanes of at least 4 members (excludes halogenated alkanes) is 34. The number of hydrogen-bond donors (Lipinski definition) is 3. The Bertz CT molecular complexity index is 893. The number of aliphatic hydroxyl groups is 2. The van der Waals surface area contributed by atoms with Crippen LogP contribution in [0.4, 0.5) is 0 Å². The summed E-state index contributed by atoms with van der Waals surface area (Å²) < 4.78 is 5.90. The number of esters is 1. The highest BCUT2D eigenvalue weighted by Gasteiger charge is 2.24. The van der Waals surface area contributed by atoms with Crippen LogP contribution in [0.3, 0.4) is 0 Å². The van der Waals surface area contributed by atoms with E-state index in [4.69, 9.17) is 4.74 Å². The lowest BCUT2D eigenvalue weighted by atomic mass is 10.0. The van der Waals surface area contributed by atoms with Gasteiger partial charge < -0.3 is 20.3 Å². The average Bonchev–Trinajstić information content (AvgIpc) is 3.23. The molecule has 0 rings (SSSR count). The van der Waals surface area contributed by atoms with E-state index >= 15 is 0 Å². The molecule has 0 spiro atoms. The SMILES string of the molecule is CCC/C=C\CCCCCC(CC(=O)NC(CO)C(O)CCCCCCCCCCCCCCCCCCC)OC(=O)CCCCCCCCCCCCCCCCC. The van der Waals surface area contributed by atoms with E-state index in [2.05, 4.69) is 38.2 Å². The first kappa shape index (κ1) is 57.6. The summed E-state index contributed by atoms with van der Waals surface area (Å²) in [5.41, 5.74) is 0. The van der Waals surface area contributed by atoms with E-state index in [1.165, 1.54) is 180 Å². The van der Waals surface area contributed by atoms with Gasteiger partial charge in [-0.1, -0.05) is 245 Å². The number of carbonyl (C=O) groups excluding carboxylic acids is 2. The van der Waals surface area contributed by atoms with Gasteiger partial charge in [0, 0.05) is 6.42 Å². The summed E-state index contributed by atoms with van der Waals surface area (Å²) in [4.78, 5) is 26.0. The summed E-state index contributed by atoms with van der Waals surface area (Å²) in [6, 6.07) is -0.699. The van der Waals surface area contributed by atoms with E-state index in [-0.39, 0.29) is 24.9 Å². The number of allylic oxidation sites excluding steroid dienone is 2. The maximum atomic E-state index is 13.2. The zero-order chi connectivity index (χ0) is 43.1. The van der Waals surface area contributed by atoms with Crippen LogP contribution < -0.4 is 5.32 Å². The van der Waals surface area contributed by atoms with Gasteiger partial charge in [0.05, 0.1) is 25.2 Å². The molecule has 59 heavy (non-hydrogen) atoms. The third-order valence-corrected chi connectivity index (χ3v) is 12.3. The zero-order valence-corrected chi connectivity index (χ0v) is 39.9. The monoisotopic (exact) mass is 834 g/mol. The van der Waals surface area contributed by atoms with E-state index in [0.29, 0.717) is 19.3 Å². The van der Waals surface area contributed by atoms with Gasteiger partial charge in [-0.2, -0.15) is 0 Å². The number of rotatable bonds is 48. The molecule has 0 aromatic rings. The molecule has 0 saturated heterocycles. The molecule has 3 unspecified atom stereocenters. The van der Waals surface area contributed by atoms with Gasteiger partial charge in [0.15, 0.2) is 0 Å². The Morgan fingerprint density at radius 1 is 0.475 bits per heavy atom. The van der Waals surface area contributed by atoms with Crippen LogP contribution in [0, 0.1) is 0 Å². The van der Waals surface area contributed by atoms with Crippen LogP contribution in [-0.4, -0.2) is 46.9 Å². The van der Waals surface area contributed by atoms with Crippen molar-refractivity contribution >= 4 is 11.9 Å². The van der Waals surface area contributed by atoms with Gasteiger partial charge in [-0.15, -0.1) is 0 Å². The highest BCUT2D eigenvalue weighted by Crippen LogP contribution is 2.18. The fourth-order valence-electron chi connectivity index (χ4n) is 8.32. The van der Waals surface area contributed by atoms with E-state index < -0.39 is 18.2 Å². The van der Waals surface area contributed by atoms with E-state index in [1.807, 2.05) is 0 Å². The number of amides is 1. The molecule has 0 aliphatic rings. The van der Waals surface area contributed by atoms with Crippen molar-refractivity contribution in [3.05, 3.63) is 12.2 Å². The van der Waals surface area contributed by atoms with E-state index in [0.717, 1.165) is 64.2 Å². The third-order valence-electron chi connectivity index (χ3n) is 12.3.